The van der Waals surface area contributed by atoms with Gasteiger partial charge in [0.15, 0.2) is 11.2 Å². The molecule has 0 fully saturated rings. The number of hydrogen-bond acceptors (Lipinski definition) is 3. The molecule has 0 aliphatic carbocycles. The van der Waals surface area contributed by atoms with Gasteiger partial charge in [0.1, 0.15) is 0 Å². The van der Waals surface area contributed by atoms with Crippen LogP contribution in [0.4, 0.5) is 0 Å². The lowest BCUT2D eigenvalue weighted by atomic mass is 10.1. The van der Waals surface area contributed by atoms with Crippen molar-refractivity contribution in [2.45, 2.75) is 34.2 Å². The highest BCUT2D eigenvalue weighted by Gasteiger charge is 2.21. The third kappa shape index (κ3) is 2.77. The van der Waals surface area contributed by atoms with Crippen LogP contribution in [0.2, 0.25) is 0 Å². The van der Waals surface area contributed by atoms with E-state index in [4.69, 9.17) is 4.98 Å². The van der Waals surface area contributed by atoms with Gasteiger partial charge in [-0.2, -0.15) is 4.98 Å². The van der Waals surface area contributed by atoms with Crippen LogP contribution in [0.15, 0.2) is 58.3 Å². The number of aryl methyl sites for hydroxylation is 4. The van der Waals surface area contributed by atoms with Gasteiger partial charge in [-0.3, -0.25) is 22.9 Å². The molecule has 2 aromatic carbocycles. The highest BCUT2D eigenvalue weighted by atomic mass is 16.2. The van der Waals surface area contributed by atoms with Crippen LogP contribution in [0, 0.1) is 27.7 Å². The Labute approximate surface area is 184 Å². The number of fused-ring (bicyclic) bond motifs is 3. The quantitative estimate of drug-likeness (QED) is 0.443. The maximum Gasteiger partial charge on any atom is 0.332 e. The van der Waals surface area contributed by atoms with Crippen LogP contribution in [-0.2, 0) is 13.6 Å². The van der Waals surface area contributed by atoms with Gasteiger partial charge >= 0.3 is 5.69 Å². The minimum Gasteiger partial charge on any atom is -0.283 e. The van der Waals surface area contributed by atoms with Crippen molar-refractivity contribution in [3.05, 3.63) is 97.4 Å². The highest BCUT2D eigenvalue weighted by molar-refractivity contribution is 5.76. The lowest BCUT2D eigenvalue weighted by molar-refractivity contribution is 0.654. The average Bonchev–Trinajstić information content (AvgIpc) is 3.28. The van der Waals surface area contributed by atoms with Gasteiger partial charge in [0.05, 0.1) is 12.2 Å². The van der Waals surface area contributed by atoms with Crippen LogP contribution in [0.25, 0.3) is 22.6 Å². The monoisotopic (exact) mass is 427 g/mol. The summed E-state index contributed by atoms with van der Waals surface area (Å²) in [5.74, 6) is 0.618. The van der Waals surface area contributed by atoms with Crippen molar-refractivity contribution in [2.24, 2.45) is 7.05 Å². The number of rotatable bonds is 3. The fourth-order valence-electron chi connectivity index (χ4n) is 4.38. The van der Waals surface area contributed by atoms with Gasteiger partial charge in [-0.05, 0) is 56.0 Å². The van der Waals surface area contributed by atoms with Crippen LogP contribution < -0.4 is 11.2 Å². The van der Waals surface area contributed by atoms with E-state index in [2.05, 4.69) is 19.9 Å². The molecule has 0 aliphatic heterocycles. The molecule has 0 amide bonds. The Morgan fingerprint density at radius 2 is 1.62 bits per heavy atom. The van der Waals surface area contributed by atoms with Crippen LogP contribution in [0.5, 0.6) is 0 Å². The average molecular weight is 428 g/mol. The Balaban J connectivity index is 1.83. The zero-order chi connectivity index (χ0) is 22.7. The standard InChI is InChI=1S/C25H25N5O2/c1-15-10-8-12-20(18(15)4)30-17(3)13-28-21-22(26-24(28)30)27(5)25(32)29(23(21)31)14-19-11-7-6-9-16(19)2/h6-13H,14H2,1-5H3. The van der Waals surface area contributed by atoms with E-state index in [0.717, 1.165) is 28.1 Å². The molecule has 5 aromatic rings. The van der Waals surface area contributed by atoms with Gasteiger partial charge in [0, 0.05) is 18.9 Å². The van der Waals surface area contributed by atoms with E-state index in [1.807, 2.05) is 65.4 Å². The van der Waals surface area contributed by atoms with E-state index in [0.29, 0.717) is 16.9 Å². The van der Waals surface area contributed by atoms with Crippen molar-refractivity contribution in [3.8, 4) is 5.69 Å². The molecule has 0 saturated heterocycles. The summed E-state index contributed by atoms with van der Waals surface area (Å²) in [5.41, 5.74) is 6.36. The third-order valence-corrected chi connectivity index (χ3v) is 6.43. The second-order valence-electron chi connectivity index (χ2n) is 8.44. The molecule has 3 heterocycles. The van der Waals surface area contributed by atoms with Gasteiger partial charge in [0.2, 0.25) is 5.78 Å². The summed E-state index contributed by atoms with van der Waals surface area (Å²) in [5, 5.41) is 0. The molecular weight excluding hydrogens is 402 g/mol. The molecule has 162 valence electrons. The van der Waals surface area contributed by atoms with Gasteiger partial charge in [-0.15, -0.1) is 0 Å². The first kappa shape index (κ1) is 20.1. The molecule has 3 aromatic heterocycles. The van der Waals surface area contributed by atoms with E-state index in [9.17, 15) is 9.59 Å². The number of aromatic nitrogens is 5. The fourth-order valence-corrected chi connectivity index (χ4v) is 4.38. The molecule has 32 heavy (non-hydrogen) atoms. The molecular formula is C25H25N5O2. The first-order valence-electron chi connectivity index (χ1n) is 10.6. The number of hydrogen-bond donors (Lipinski definition) is 0. The first-order valence-corrected chi connectivity index (χ1v) is 10.6. The predicted octanol–water partition coefficient (Wildman–Crippen LogP) is 3.42. The van der Waals surface area contributed by atoms with E-state index < -0.39 is 0 Å². The van der Waals surface area contributed by atoms with Crippen molar-refractivity contribution >= 4 is 16.9 Å². The van der Waals surface area contributed by atoms with E-state index >= 15 is 0 Å². The molecule has 0 aliphatic rings. The van der Waals surface area contributed by atoms with E-state index in [1.165, 1.54) is 14.7 Å². The Morgan fingerprint density at radius 3 is 2.38 bits per heavy atom. The molecule has 0 unspecified atom stereocenters. The molecule has 0 atom stereocenters. The van der Waals surface area contributed by atoms with Crippen LogP contribution >= 0.6 is 0 Å². The molecule has 0 radical (unpaired) electrons. The summed E-state index contributed by atoms with van der Waals surface area (Å²) in [6.07, 6.45) is 1.91. The minimum atomic E-state index is -0.374. The summed E-state index contributed by atoms with van der Waals surface area (Å²) >= 11 is 0. The van der Waals surface area contributed by atoms with Crippen molar-refractivity contribution in [1.29, 1.82) is 0 Å². The largest absolute Gasteiger partial charge is 0.332 e. The van der Waals surface area contributed by atoms with Crippen molar-refractivity contribution in [1.82, 2.24) is 23.1 Å². The smallest absolute Gasteiger partial charge is 0.283 e. The topological polar surface area (TPSA) is 66.2 Å². The predicted molar refractivity (Wildman–Crippen MR) is 126 cm³/mol. The summed E-state index contributed by atoms with van der Waals surface area (Å²) in [6, 6.07) is 13.9. The molecule has 0 bridgehead atoms. The van der Waals surface area contributed by atoms with Crippen molar-refractivity contribution in [3.63, 3.8) is 0 Å². The van der Waals surface area contributed by atoms with Gasteiger partial charge < -0.3 is 0 Å². The lowest BCUT2D eigenvalue weighted by Crippen LogP contribution is -2.39. The third-order valence-electron chi connectivity index (χ3n) is 6.43. The van der Waals surface area contributed by atoms with Crippen molar-refractivity contribution < 1.29 is 0 Å². The zero-order valence-corrected chi connectivity index (χ0v) is 18.9. The zero-order valence-electron chi connectivity index (χ0n) is 18.9. The Kier molecular flexibility index (Phi) is 4.44. The Bertz CT molecular complexity index is 1650. The number of benzene rings is 2. The second kappa shape index (κ2) is 7.09. The summed E-state index contributed by atoms with van der Waals surface area (Å²) in [4.78, 5) is 31.4. The van der Waals surface area contributed by atoms with Crippen LogP contribution in [0.1, 0.15) is 27.9 Å². The van der Waals surface area contributed by atoms with Gasteiger partial charge in [-0.1, -0.05) is 36.4 Å². The molecule has 0 N–H and O–H groups in total. The Morgan fingerprint density at radius 1 is 0.906 bits per heavy atom. The first-order chi connectivity index (χ1) is 15.3. The minimum absolute atomic E-state index is 0.220. The highest BCUT2D eigenvalue weighted by Crippen LogP contribution is 2.24. The summed E-state index contributed by atoms with van der Waals surface area (Å²) < 4.78 is 6.61. The summed E-state index contributed by atoms with van der Waals surface area (Å²) in [7, 11) is 1.67. The molecule has 5 rings (SSSR count). The van der Waals surface area contributed by atoms with Crippen molar-refractivity contribution in [2.75, 3.05) is 0 Å². The molecule has 7 nitrogen and oxygen atoms in total. The maximum absolute atomic E-state index is 13.5. The Hall–Kier alpha value is -3.87. The SMILES string of the molecule is Cc1ccccc1Cn1c(=O)c2c(nc3n(-c4cccc(C)c4C)c(C)cn23)n(C)c1=O. The normalized spacial score (nSPS) is 11.7. The van der Waals surface area contributed by atoms with Gasteiger partial charge in [-0.25, -0.2) is 4.79 Å². The number of nitrogens with zero attached hydrogens (tertiary/aromatic N) is 5. The second-order valence-corrected chi connectivity index (χ2v) is 8.44. The molecule has 0 spiro atoms. The van der Waals surface area contributed by atoms with Gasteiger partial charge in [0.25, 0.3) is 5.56 Å². The molecule has 0 saturated carbocycles. The van der Waals surface area contributed by atoms with E-state index in [1.54, 1.807) is 7.05 Å². The van der Waals surface area contributed by atoms with E-state index in [-0.39, 0.29) is 17.8 Å². The van der Waals surface area contributed by atoms with Crippen LogP contribution in [-0.4, -0.2) is 23.1 Å². The molecule has 7 heteroatoms. The maximum atomic E-state index is 13.5. The van der Waals surface area contributed by atoms with Crippen LogP contribution in [0.3, 0.4) is 0 Å². The fraction of sp³-hybridized carbons (Fsp3) is 0.240. The summed E-state index contributed by atoms with van der Waals surface area (Å²) in [6.45, 7) is 8.35. The number of imidazole rings is 2. The lowest BCUT2D eigenvalue weighted by Gasteiger charge is -2.11.